The van der Waals surface area contributed by atoms with Crippen LogP contribution in [0.3, 0.4) is 0 Å². The van der Waals surface area contributed by atoms with Gasteiger partial charge in [-0.05, 0) is 55.3 Å². The number of piperidine rings is 1. The highest BCUT2D eigenvalue weighted by atomic mass is 32.2. The first-order valence-electron chi connectivity index (χ1n) is 9.37. The fourth-order valence-electron chi connectivity index (χ4n) is 3.14. The lowest BCUT2D eigenvalue weighted by atomic mass is 10.2. The molecule has 0 radical (unpaired) electrons. The van der Waals surface area contributed by atoms with Crippen molar-refractivity contribution < 1.29 is 22.3 Å². The van der Waals surface area contributed by atoms with Gasteiger partial charge in [0.15, 0.2) is 0 Å². The molecule has 7 nitrogen and oxygen atoms in total. The maximum absolute atomic E-state index is 13.0. The molecule has 2 N–H and O–H groups in total. The van der Waals surface area contributed by atoms with Gasteiger partial charge in [0, 0.05) is 18.8 Å². The number of anilines is 2. The quantitative estimate of drug-likeness (QED) is 0.718. The first kappa shape index (κ1) is 21.1. The molecule has 29 heavy (non-hydrogen) atoms. The van der Waals surface area contributed by atoms with Gasteiger partial charge in [0.2, 0.25) is 15.9 Å². The van der Waals surface area contributed by atoms with E-state index in [9.17, 15) is 17.6 Å². The molecule has 2 aromatic rings. The van der Waals surface area contributed by atoms with E-state index in [2.05, 4.69) is 10.6 Å². The third-order valence-corrected chi connectivity index (χ3v) is 6.59. The van der Waals surface area contributed by atoms with E-state index in [-0.39, 0.29) is 28.9 Å². The first-order chi connectivity index (χ1) is 13.9. The predicted octanol–water partition coefficient (Wildman–Crippen LogP) is 3.06. The van der Waals surface area contributed by atoms with Crippen LogP contribution >= 0.6 is 0 Å². The van der Waals surface area contributed by atoms with Crippen molar-refractivity contribution in [2.75, 3.05) is 37.4 Å². The van der Waals surface area contributed by atoms with Crippen molar-refractivity contribution in [3.8, 4) is 5.75 Å². The second-order valence-corrected chi connectivity index (χ2v) is 8.67. The molecule has 0 atom stereocenters. The van der Waals surface area contributed by atoms with Crippen LogP contribution in [-0.4, -0.2) is 45.4 Å². The highest BCUT2D eigenvalue weighted by Gasteiger charge is 2.27. The standard InChI is InChI=1S/C20H24FN3O4S/c1-28-19-10-9-17(29(26,27)24-11-3-2-4-12-24)13-18(19)23-20(25)14-22-16-7-5-15(21)6-8-16/h5-10,13,22H,2-4,11-12,14H2,1H3,(H,23,25). The Morgan fingerprint density at radius 3 is 2.45 bits per heavy atom. The Morgan fingerprint density at radius 1 is 1.10 bits per heavy atom. The molecule has 1 fully saturated rings. The Kier molecular flexibility index (Phi) is 6.71. The zero-order valence-electron chi connectivity index (χ0n) is 16.2. The number of halogens is 1. The van der Waals surface area contributed by atoms with Crippen molar-refractivity contribution in [2.45, 2.75) is 24.2 Å². The number of sulfonamides is 1. The molecule has 0 unspecified atom stereocenters. The van der Waals surface area contributed by atoms with Crippen LogP contribution in [0.2, 0.25) is 0 Å². The molecule has 0 bridgehead atoms. The van der Waals surface area contributed by atoms with E-state index in [1.54, 1.807) is 0 Å². The molecular formula is C20H24FN3O4S. The van der Waals surface area contributed by atoms with Crippen LogP contribution < -0.4 is 15.4 Å². The molecule has 2 aromatic carbocycles. The first-order valence-corrected chi connectivity index (χ1v) is 10.8. The van der Waals surface area contributed by atoms with Crippen LogP contribution in [0, 0.1) is 5.82 Å². The summed E-state index contributed by atoms with van der Waals surface area (Å²) >= 11 is 0. The number of hydrogen-bond acceptors (Lipinski definition) is 5. The summed E-state index contributed by atoms with van der Waals surface area (Å²) in [6.07, 6.45) is 2.71. The number of ether oxygens (including phenoxy) is 1. The number of amides is 1. The van der Waals surface area contributed by atoms with Gasteiger partial charge < -0.3 is 15.4 Å². The number of carbonyl (C=O) groups excluding carboxylic acids is 1. The van der Waals surface area contributed by atoms with Crippen LogP contribution in [0.5, 0.6) is 5.75 Å². The van der Waals surface area contributed by atoms with Crippen LogP contribution in [0.25, 0.3) is 0 Å². The summed E-state index contributed by atoms with van der Waals surface area (Å²) in [6.45, 7) is 0.924. The molecule has 0 saturated carbocycles. The van der Waals surface area contributed by atoms with Gasteiger partial charge in [-0.25, -0.2) is 12.8 Å². The molecule has 1 aliphatic rings. The van der Waals surface area contributed by atoms with Gasteiger partial charge in [-0.1, -0.05) is 6.42 Å². The molecule has 0 spiro atoms. The fraction of sp³-hybridized carbons (Fsp3) is 0.350. The summed E-state index contributed by atoms with van der Waals surface area (Å²) in [4.78, 5) is 12.4. The number of rotatable bonds is 7. The molecule has 1 heterocycles. The van der Waals surface area contributed by atoms with E-state index < -0.39 is 10.0 Å². The van der Waals surface area contributed by atoms with Crippen LogP contribution in [0.4, 0.5) is 15.8 Å². The van der Waals surface area contributed by atoms with Crippen LogP contribution in [0.15, 0.2) is 47.4 Å². The summed E-state index contributed by atoms with van der Waals surface area (Å²) in [5.74, 6) is -0.394. The van der Waals surface area contributed by atoms with Crippen molar-refractivity contribution in [3.05, 3.63) is 48.3 Å². The number of nitrogens with one attached hydrogen (secondary N) is 2. The molecule has 1 amide bonds. The summed E-state index contributed by atoms with van der Waals surface area (Å²) in [5.41, 5.74) is 0.867. The van der Waals surface area contributed by atoms with Crippen molar-refractivity contribution in [1.82, 2.24) is 4.31 Å². The lowest BCUT2D eigenvalue weighted by Gasteiger charge is -2.26. The third-order valence-electron chi connectivity index (χ3n) is 4.70. The van der Waals surface area contributed by atoms with Gasteiger partial charge >= 0.3 is 0 Å². The topological polar surface area (TPSA) is 87.7 Å². The third kappa shape index (κ3) is 5.24. The molecule has 0 aromatic heterocycles. The average Bonchev–Trinajstić information content (AvgIpc) is 2.74. The fourth-order valence-corrected chi connectivity index (χ4v) is 4.69. The van der Waals surface area contributed by atoms with E-state index >= 15 is 0 Å². The van der Waals surface area contributed by atoms with E-state index in [0.717, 1.165) is 19.3 Å². The van der Waals surface area contributed by atoms with Crippen molar-refractivity contribution in [2.24, 2.45) is 0 Å². The Morgan fingerprint density at radius 2 is 1.79 bits per heavy atom. The monoisotopic (exact) mass is 421 g/mol. The Bertz CT molecular complexity index is 958. The minimum absolute atomic E-state index is 0.0715. The average molecular weight is 421 g/mol. The van der Waals surface area contributed by atoms with E-state index in [1.807, 2.05) is 0 Å². The van der Waals surface area contributed by atoms with E-state index in [4.69, 9.17) is 4.74 Å². The summed E-state index contributed by atoms with van der Waals surface area (Å²) < 4.78 is 45.5. The smallest absolute Gasteiger partial charge is 0.243 e. The number of carbonyl (C=O) groups is 1. The second kappa shape index (κ2) is 9.23. The summed E-state index contributed by atoms with van der Waals surface area (Å²) in [7, 11) is -2.18. The number of methoxy groups -OCH3 is 1. The molecule has 9 heteroatoms. The lowest BCUT2D eigenvalue weighted by molar-refractivity contribution is -0.114. The maximum atomic E-state index is 13.0. The normalized spacial score (nSPS) is 15.0. The maximum Gasteiger partial charge on any atom is 0.243 e. The van der Waals surface area contributed by atoms with Gasteiger partial charge in [-0.15, -0.1) is 0 Å². The SMILES string of the molecule is COc1ccc(S(=O)(=O)N2CCCCC2)cc1NC(=O)CNc1ccc(F)cc1. The number of hydrogen-bond donors (Lipinski definition) is 2. The molecule has 3 rings (SSSR count). The van der Waals surface area contributed by atoms with Gasteiger partial charge in [0.05, 0.1) is 24.2 Å². The van der Waals surface area contributed by atoms with Gasteiger partial charge in [0.1, 0.15) is 11.6 Å². The van der Waals surface area contributed by atoms with Crippen molar-refractivity contribution in [1.29, 1.82) is 0 Å². The van der Waals surface area contributed by atoms with E-state index in [1.165, 1.54) is 53.9 Å². The summed E-state index contributed by atoms with van der Waals surface area (Å²) in [6, 6.07) is 10.0. The Labute approximate surface area is 169 Å². The number of benzene rings is 2. The van der Waals surface area contributed by atoms with Gasteiger partial charge in [-0.3, -0.25) is 4.79 Å². The predicted molar refractivity (Wildman–Crippen MR) is 109 cm³/mol. The number of nitrogens with zero attached hydrogens (tertiary/aromatic N) is 1. The molecule has 1 aliphatic heterocycles. The largest absolute Gasteiger partial charge is 0.495 e. The molecule has 156 valence electrons. The zero-order valence-corrected chi connectivity index (χ0v) is 17.0. The minimum atomic E-state index is -3.63. The van der Waals surface area contributed by atoms with E-state index in [0.29, 0.717) is 24.5 Å². The Hall–Kier alpha value is -2.65. The highest BCUT2D eigenvalue weighted by Crippen LogP contribution is 2.30. The minimum Gasteiger partial charge on any atom is -0.495 e. The van der Waals surface area contributed by atoms with Crippen molar-refractivity contribution in [3.63, 3.8) is 0 Å². The second-order valence-electron chi connectivity index (χ2n) is 6.74. The lowest BCUT2D eigenvalue weighted by Crippen LogP contribution is -2.35. The zero-order chi connectivity index (χ0) is 20.9. The van der Waals surface area contributed by atoms with Crippen LogP contribution in [0.1, 0.15) is 19.3 Å². The van der Waals surface area contributed by atoms with Crippen molar-refractivity contribution >= 4 is 27.3 Å². The van der Waals surface area contributed by atoms with Crippen LogP contribution in [-0.2, 0) is 14.8 Å². The molecule has 1 saturated heterocycles. The van der Waals surface area contributed by atoms with Gasteiger partial charge in [0.25, 0.3) is 0 Å². The summed E-state index contributed by atoms with van der Waals surface area (Å²) in [5, 5.41) is 5.55. The molecular weight excluding hydrogens is 397 g/mol. The Balaban J connectivity index is 1.72. The van der Waals surface area contributed by atoms with Gasteiger partial charge in [-0.2, -0.15) is 4.31 Å². The highest BCUT2D eigenvalue weighted by molar-refractivity contribution is 7.89. The molecule has 0 aliphatic carbocycles.